The lowest BCUT2D eigenvalue weighted by molar-refractivity contribution is -0.137. The molecular weight excluding hydrogens is 271 g/mol. The molecule has 1 aromatic rings. The average molecular weight is 287 g/mol. The zero-order chi connectivity index (χ0) is 14.8. The summed E-state index contributed by atoms with van der Waals surface area (Å²) in [5, 5.41) is 12.0. The molecule has 20 heavy (non-hydrogen) atoms. The fraction of sp³-hybridized carbons (Fsp3) is 0.500. The Balaban J connectivity index is 1.95. The van der Waals surface area contributed by atoms with Crippen molar-refractivity contribution >= 4 is 5.91 Å². The monoisotopic (exact) mass is 287 g/mol. The van der Waals surface area contributed by atoms with Crippen molar-refractivity contribution in [1.29, 1.82) is 0 Å². The van der Waals surface area contributed by atoms with Crippen LogP contribution in [-0.2, 0) is 17.4 Å². The van der Waals surface area contributed by atoms with Gasteiger partial charge in [-0.3, -0.25) is 4.79 Å². The van der Waals surface area contributed by atoms with E-state index in [0.717, 1.165) is 31.4 Å². The summed E-state index contributed by atoms with van der Waals surface area (Å²) in [4.78, 5) is 11.8. The van der Waals surface area contributed by atoms with Crippen molar-refractivity contribution in [2.24, 2.45) is 0 Å². The first-order chi connectivity index (χ1) is 9.35. The maximum atomic E-state index is 12.4. The summed E-state index contributed by atoms with van der Waals surface area (Å²) in [5.74, 6) is -0.279. The number of amides is 1. The van der Waals surface area contributed by atoms with Crippen molar-refractivity contribution < 1.29 is 23.1 Å². The van der Waals surface area contributed by atoms with E-state index < -0.39 is 17.3 Å². The zero-order valence-corrected chi connectivity index (χ0v) is 10.8. The van der Waals surface area contributed by atoms with Gasteiger partial charge in [-0.25, -0.2) is 0 Å². The normalized spacial score (nSPS) is 17.4. The molecule has 0 heterocycles. The third-order valence-electron chi connectivity index (χ3n) is 3.66. The van der Waals surface area contributed by atoms with E-state index >= 15 is 0 Å². The van der Waals surface area contributed by atoms with E-state index in [0.29, 0.717) is 5.56 Å². The second-order valence-electron chi connectivity index (χ2n) is 5.21. The first kappa shape index (κ1) is 14.8. The Hall–Kier alpha value is -1.56. The van der Waals surface area contributed by atoms with E-state index in [-0.39, 0.29) is 18.9 Å². The van der Waals surface area contributed by atoms with Crippen molar-refractivity contribution in [3.63, 3.8) is 0 Å². The van der Waals surface area contributed by atoms with Gasteiger partial charge in [-0.2, -0.15) is 13.2 Å². The van der Waals surface area contributed by atoms with Crippen molar-refractivity contribution in [1.82, 2.24) is 5.32 Å². The van der Waals surface area contributed by atoms with Crippen LogP contribution in [0.3, 0.4) is 0 Å². The summed E-state index contributed by atoms with van der Waals surface area (Å²) in [6, 6.07) is 4.53. The summed E-state index contributed by atoms with van der Waals surface area (Å²) in [6.45, 7) is -0.105. The second kappa shape index (κ2) is 5.44. The molecule has 110 valence electrons. The third kappa shape index (κ3) is 3.30. The van der Waals surface area contributed by atoms with Crippen molar-refractivity contribution in [2.75, 3.05) is 6.61 Å². The van der Waals surface area contributed by atoms with E-state index in [2.05, 4.69) is 5.32 Å². The van der Waals surface area contributed by atoms with Gasteiger partial charge in [0.1, 0.15) is 0 Å². The minimum atomic E-state index is -4.37. The highest BCUT2D eigenvalue weighted by molar-refractivity contribution is 5.79. The molecule has 0 aliphatic heterocycles. The number of alkyl halides is 3. The lowest BCUT2D eigenvalue weighted by atomic mass is 9.77. The summed E-state index contributed by atoms with van der Waals surface area (Å²) < 4.78 is 37.2. The standard InChI is InChI=1S/C14H16F3NO2/c15-14(16,17)11-4-2-10(3-5-11)8-12(20)18-13(9-19)6-1-7-13/h2-5,19H,1,6-9H2,(H,18,20). The molecular formula is C14H16F3NO2. The number of halogens is 3. The van der Waals surface area contributed by atoms with Crippen LogP contribution in [0.25, 0.3) is 0 Å². The Morgan fingerprint density at radius 3 is 2.25 bits per heavy atom. The molecule has 1 amide bonds. The number of aliphatic hydroxyl groups excluding tert-OH is 1. The number of hydrogen-bond donors (Lipinski definition) is 2. The quantitative estimate of drug-likeness (QED) is 0.892. The van der Waals surface area contributed by atoms with Gasteiger partial charge in [0.15, 0.2) is 0 Å². The molecule has 0 unspecified atom stereocenters. The largest absolute Gasteiger partial charge is 0.416 e. The molecule has 6 heteroatoms. The molecule has 2 rings (SSSR count). The maximum absolute atomic E-state index is 12.4. The van der Waals surface area contributed by atoms with E-state index in [1.54, 1.807) is 0 Å². The molecule has 1 aromatic carbocycles. The fourth-order valence-electron chi connectivity index (χ4n) is 2.26. The number of hydrogen-bond acceptors (Lipinski definition) is 2. The van der Waals surface area contributed by atoms with Crippen LogP contribution in [0.4, 0.5) is 13.2 Å². The SMILES string of the molecule is O=C(Cc1ccc(C(F)(F)F)cc1)NC1(CO)CCC1. The molecule has 0 spiro atoms. The minimum Gasteiger partial charge on any atom is -0.394 e. The lowest BCUT2D eigenvalue weighted by Gasteiger charge is -2.41. The summed E-state index contributed by atoms with van der Waals surface area (Å²) in [7, 11) is 0. The van der Waals surface area contributed by atoms with Crippen LogP contribution >= 0.6 is 0 Å². The van der Waals surface area contributed by atoms with Crippen molar-refractivity contribution in [2.45, 2.75) is 37.4 Å². The topological polar surface area (TPSA) is 49.3 Å². The smallest absolute Gasteiger partial charge is 0.394 e. The van der Waals surface area contributed by atoms with Crippen LogP contribution in [0.5, 0.6) is 0 Å². The number of carbonyl (C=O) groups is 1. The third-order valence-corrected chi connectivity index (χ3v) is 3.66. The molecule has 1 fully saturated rings. The average Bonchev–Trinajstić information content (AvgIpc) is 2.33. The molecule has 2 N–H and O–H groups in total. The van der Waals surface area contributed by atoms with Crippen molar-refractivity contribution in [3.8, 4) is 0 Å². The molecule has 0 radical (unpaired) electrons. The molecule has 3 nitrogen and oxygen atoms in total. The molecule has 1 aliphatic carbocycles. The van der Waals surface area contributed by atoms with Gasteiger partial charge >= 0.3 is 6.18 Å². The van der Waals surface area contributed by atoms with Gasteiger partial charge in [-0.1, -0.05) is 12.1 Å². The van der Waals surface area contributed by atoms with Gasteiger partial charge in [0, 0.05) is 0 Å². The molecule has 0 saturated heterocycles. The zero-order valence-electron chi connectivity index (χ0n) is 10.8. The highest BCUT2D eigenvalue weighted by Crippen LogP contribution is 2.31. The predicted octanol–water partition coefficient (Wildman–Crippen LogP) is 2.28. The Kier molecular flexibility index (Phi) is 4.04. The minimum absolute atomic E-state index is 0.0138. The van der Waals surface area contributed by atoms with E-state index in [1.807, 2.05) is 0 Å². The van der Waals surface area contributed by atoms with Gasteiger partial charge < -0.3 is 10.4 Å². The second-order valence-corrected chi connectivity index (χ2v) is 5.21. The molecule has 0 atom stereocenters. The number of rotatable bonds is 4. The number of aliphatic hydroxyl groups is 1. The molecule has 1 saturated carbocycles. The van der Waals surface area contributed by atoms with Crippen molar-refractivity contribution in [3.05, 3.63) is 35.4 Å². The Morgan fingerprint density at radius 2 is 1.85 bits per heavy atom. The number of nitrogens with one attached hydrogen (secondary N) is 1. The molecule has 0 bridgehead atoms. The van der Waals surface area contributed by atoms with Crippen LogP contribution in [0.2, 0.25) is 0 Å². The lowest BCUT2D eigenvalue weighted by Crippen LogP contribution is -2.56. The highest BCUT2D eigenvalue weighted by atomic mass is 19.4. The molecule has 1 aliphatic rings. The summed E-state index contributed by atoms with van der Waals surface area (Å²) >= 11 is 0. The van der Waals surface area contributed by atoms with E-state index in [1.165, 1.54) is 12.1 Å². The van der Waals surface area contributed by atoms with Crippen LogP contribution < -0.4 is 5.32 Å². The van der Waals surface area contributed by atoms with Gasteiger partial charge in [0.25, 0.3) is 0 Å². The van der Waals surface area contributed by atoms with Crippen LogP contribution in [-0.4, -0.2) is 23.2 Å². The molecule has 0 aromatic heterocycles. The predicted molar refractivity (Wildman–Crippen MR) is 67.0 cm³/mol. The summed E-state index contributed by atoms with van der Waals surface area (Å²) in [6.07, 6.45) is -1.92. The summed E-state index contributed by atoms with van der Waals surface area (Å²) in [5.41, 5.74) is -0.737. The number of benzene rings is 1. The Bertz CT molecular complexity index is 473. The number of carbonyl (C=O) groups excluding carboxylic acids is 1. The van der Waals surface area contributed by atoms with Crippen LogP contribution in [0.15, 0.2) is 24.3 Å². The maximum Gasteiger partial charge on any atom is 0.416 e. The van der Waals surface area contributed by atoms with Gasteiger partial charge in [-0.15, -0.1) is 0 Å². The Morgan fingerprint density at radius 1 is 1.25 bits per heavy atom. The van der Waals surface area contributed by atoms with E-state index in [4.69, 9.17) is 0 Å². The first-order valence-corrected chi connectivity index (χ1v) is 6.43. The van der Waals surface area contributed by atoms with Gasteiger partial charge in [-0.05, 0) is 37.0 Å². The van der Waals surface area contributed by atoms with Gasteiger partial charge in [0.05, 0.1) is 24.1 Å². The van der Waals surface area contributed by atoms with Crippen LogP contribution in [0.1, 0.15) is 30.4 Å². The first-order valence-electron chi connectivity index (χ1n) is 6.43. The van der Waals surface area contributed by atoms with E-state index in [9.17, 15) is 23.1 Å². The Labute approximate surface area is 114 Å². The highest BCUT2D eigenvalue weighted by Gasteiger charge is 2.37. The fourth-order valence-corrected chi connectivity index (χ4v) is 2.26. The van der Waals surface area contributed by atoms with Gasteiger partial charge in [0.2, 0.25) is 5.91 Å². The van der Waals surface area contributed by atoms with Crippen LogP contribution in [0, 0.1) is 0 Å².